The minimum absolute atomic E-state index is 0.00632. The molecule has 112 valence electrons. The molecule has 0 heterocycles. The van der Waals surface area contributed by atoms with Crippen molar-refractivity contribution in [1.82, 2.24) is 0 Å². The third kappa shape index (κ3) is 1.73. The highest BCUT2D eigenvalue weighted by atomic mass is 16.4. The van der Waals surface area contributed by atoms with Gasteiger partial charge in [0.05, 0.1) is 12.7 Å². The molecule has 2 aliphatic carbocycles. The molecule has 0 bridgehead atoms. The molecule has 0 aromatic heterocycles. The lowest BCUT2D eigenvalue weighted by Crippen LogP contribution is -2.75. The van der Waals surface area contributed by atoms with Crippen LogP contribution in [0.25, 0.3) is 0 Å². The van der Waals surface area contributed by atoms with E-state index in [2.05, 4.69) is 13.8 Å². The van der Waals surface area contributed by atoms with Gasteiger partial charge in [-0.15, -0.1) is 0 Å². The van der Waals surface area contributed by atoms with Crippen LogP contribution in [0.4, 0.5) is 0 Å². The SMILES string of the molecule is CC1(C)CCC[C@@]2(C)[C@H]1C[C@H](O)[C@](C)(O)[C@]2(O)CO. The smallest absolute Gasteiger partial charge is 0.124 e. The molecule has 0 amide bonds. The van der Waals surface area contributed by atoms with Gasteiger partial charge in [0, 0.05) is 5.41 Å². The summed E-state index contributed by atoms with van der Waals surface area (Å²) in [5.74, 6) is 0.0844. The van der Waals surface area contributed by atoms with Crippen LogP contribution >= 0.6 is 0 Å². The summed E-state index contributed by atoms with van der Waals surface area (Å²) in [4.78, 5) is 0. The summed E-state index contributed by atoms with van der Waals surface area (Å²) in [5, 5.41) is 41.6. The van der Waals surface area contributed by atoms with Gasteiger partial charge in [0.2, 0.25) is 0 Å². The Balaban J connectivity index is 2.55. The van der Waals surface area contributed by atoms with Gasteiger partial charge >= 0.3 is 0 Å². The second kappa shape index (κ2) is 4.17. The quantitative estimate of drug-likeness (QED) is 0.575. The molecule has 2 aliphatic rings. The van der Waals surface area contributed by atoms with Crippen LogP contribution in [0.1, 0.15) is 53.4 Å². The molecule has 5 atom stereocenters. The van der Waals surface area contributed by atoms with E-state index in [1.165, 1.54) is 6.92 Å². The third-order valence-electron chi connectivity index (χ3n) is 6.35. The number of hydrogen-bond donors (Lipinski definition) is 4. The maximum atomic E-state index is 11.0. The summed E-state index contributed by atoms with van der Waals surface area (Å²) in [5.41, 5.74) is -3.93. The molecule has 0 saturated heterocycles. The Morgan fingerprint density at radius 3 is 2.16 bits per heavy atom. The predicted octanol–water partition coefficient (Wildman–Crippen LogP) is 1.06. The third-order valence-corrected chi connectivity index (χ3v) is 6.35. The van der Waals surface area contributed by atoms with Crippen LogP contribution in [0.2, 0.25) is 0 Å². The van der Waals surface area contributed by atoms with Gasteiger partial charge in [0.15, 0.2) is 0 Å². The number of hydrogen-bond acceptors (Lipinski definition) is 4. The van der Waals surface area contributed by atoms with E-state index < -0.39 is 29.3 Å². The first kappa shape index (κ1) is 15.2. The summed E-state index contributed by atoms with van der Waals surface area (Å²) in [6.45, 7) is 7.17. The largest absolute Gasteiger partial charge is 0.393 e. The normalized spacial score (nSPS) is 53.7. The molecule has 0 aromatic carbocycles. The first-order valence-electron chi connectivity index (χ1n) is 7.26. The van der Waals surface area contributed by atoms with Crippen molar-refractivity contribution in [1.29, 1.82) is 0 Å². The maximum Gasteiger partial charge on any atom is 0.124 e. The van der Waals surface area contributed by atoms with Crippen molar-refractivity contribution in [2.24, 2.45) is 16.7 Å². The van der Waals surface area contributed by atoms with E-state index in [-0.39, 0.29) is 11.3 Å². The van der Waals surface area contributed by atoms with Gasteiger partial charge in [-0.25, -0.2) is 0 Å². The fourth-order valence-corrected chi connectivity index (χ4v) is 4.84. The lowest BCUT2D eigenvalue weighted by atomic mass is 9.43. The average molecular weight is 272 g/mol. The number of aliphatic hydroxyl groups excluding tert-OH is 2. The molecule has 0 radical (unpaired) electrons. The highest BCUT2D eigenvalue weighted by molar-refractivity contribution is 5.19. The Morgan fingerprint density at radius 1 is 1.05 bits per heavy atom. The van der Waals surface area contributed by atoms with Crippen LogP contribution in [0.3, 0.4) is 0 Å². The second-order valence-electron chi connectivity index (χ2n) is 7.73. The van der Waals surface area contributed by atoms with Gasteiger partial charge in [-0.1, -0.05) is 27.2 Å². The van der Waals surface area contributed by atoms with E-state index >= 15 is 0 Å². The first-order valence-corrected chi connectivity index (χ1v) is 7.26. The van der Waals surface area contributed by atoms with Crippen LogP contribution in [0.5, 0.6) is 0 Å². The van der Waals surface area contributed by atoms with Gasteiger partial charge in [-0.2, -0.15) is 0 Å². The number of fused-ring (bicyclic) bond motifs is 1. The molecular weight excluding hydrogens is 244 g/mol. The zero-order valence-electron chi connectivity index (χ0n) is 12.5. The summed E-state index contributed by atoms with van der Waals surface area (Å²) in [7, 11) is 0. The molecule has 2 saturated carbocycles. The van der Waals surface area contributed by atoms with Crippen LogP contribution in [-0.4, -0.2) is 44.3 Å². The van der Waals surface area contributed by atoms with Crippen molar-refractivity contribution < 1.29 is 20.4 Å². The van der Waals surface area contributed by atoms with Crippen molar-refractivity contribution >= 4 is 0 Å². The van der Waals surface area contributed by atoms with Crippen LogP contribution in [0, 0.1) is 16.7 Å². The van der Waals surface area contributed by atoms with E-state index in [4.69, 9.17) is 0 Å². The second-order valence-corrected chi connectivity index (χ2v) is 7.73. The van der Waals surface area contributed by atoms with Crippen molar-refractivity contribution in [3.8, 4) is 0 Å². The molecule has 19 heavy (non-hydrogen) atoms. The predicted molar refractivity (Wildman–Crippen MR) is 72.5 cm³/mol. The summed E-state index contributed by atoms with van der Waals surface area (Å²) in [6, 6.07) is 0. The summed E-state index contributed by atoms with van der Waals surface area (Å²) >= 11 is 0. The maximum absolute atomic E-state index is 11.0. The molecule has 2 fully saturated rings. The summed E-state index contributed by atoms with van der Waals surface area (Å²) in [6.07, 6.45) is 2.23. The topological polar surface area (TPSA) is 80.9 Å². The Bertz CT molecular complexity index is 365. The molecule has 0 aromatic rings. The molecule has 0 unspecified atom stereocenters. The highest BCUT2D eigenvalue weighted by Gasteiger charge is 2.69. The molecule has 4 nitrogen and oxygen atoms in total. The Labute approximate surface area is 115 Å². The Hall–Kier alpha value is -0.160. The molecule has 0 aliphatic heterocycles. The molecule has 0 spiro atoms. The summed E-state index contributed by atoms with van der Waals surface area (Å²) < 4.78 is 0. The van der Waals surface area contributed by atoms with E-state index in [1.807, 2.05) is 6.92 Å². The van der Waals surface area contributed by atoms with Crippen LogP contribution in [0.15, 0.2) is 0 Å². The molecule has 4 N–H and O–H groups in total. The molecular formula is C15H28O4. The van der Waals surface area contributed by atoms with Crippen molar-refractivity contribution in [3.05, 3.63) is 0 Å². The van der Waals surface area contributed by atoms with Crippen LogP contribution < -0.4 is 0 Å². The standard InChI is InChI=1S/C15H28O4/c1-12(2)6-5-7-13(3)10(12)8-11(17)14(4,18)15(13,19)9-16/h10-11,16-19H,5-9H2,1-4H3/t10-,11-,13-,14-,15-/m0/s1. The van der Waals surface area contributed by atoms with Gasteiger partial charge in [-0.05, 0) is 37.5 Å². The molecule has 2 rings (SSSR count). The lowest BCUT2D eigenvalue weighted by Gasteiger charge is -2.65. The zero-order valence-corrected chi connectivity index (χ0v) is 12.5. The fourth-order valence-electron chi connectivity index (χ4n) is 4.84. The molecule has 4 heteroatoms. The zero-order chi connectivity index (χ0) is 14.7. The minimum atomic E-state index is -1.68. The van der Waals surface area contributed by atoms with Crippen molar-refractivity contribution in [2.45, 2.75) is 70.7 Å². The van der Waals surface area contributed by atoms with Gasteiger partial charge < -0.3 is 20.4 Å². The average Bonchev–Trinajstić information content (AvgIpc) is 2.30. The van der Waals surface area contributed by atoms with Crippen LogP contribution in [-0.2, 0) is 0 Å². The first-order chi connectivity index (χ1) is 8.53. The van der Waals surface area contributed by atoms with E-state index in [9.17, 15) is 20.4 Å². The van der Waals surface area contributed by atoms with Crippen molar-refractivity contribution in [3.63, 3.8) is 0 Å². The van der Waals surface area contributed by atoms with Gasteiger partial charge in [-0.3, -0.25) is 0 Å². The Kier molecular flexibility index (Phi) is 3.34. The van der Waals surface area contributed by atoms with Gasteiger partial charge in [0.25, 0.3) is 0 Å². The minimum Gasteiger partial charge on any atom is -0.393 e. The fraction of sp³-hybridized carbons (Fsp3) is 1.00. The lowest BCUT2D eigenvalue weighted by molar-refractivity contribution is -0.313. The van der Waals surface area contributed by atoms with Gasteiger partial charge in [0.1, 0.15) is 11.2 Å². The van der Waals surface area contributed by atoms with E-state index in [1.54, 1.807) is 0 Å². The van der Waals surface area contributed by atoms with E-state index in [0.29, 0.717) is 6.42 Å². The highest BCUT2D eigenvalue weighted by Crippen LogP contribution is 2.63. The Morgan fingerprint density at radius 2 is 1.63 bits per heavy atom. The van der Waals surface area contributed by atoms with Crippen molar-refractivity contribution in [2.75, 3.05) is 6.61 Å². The monoisotopic (exact) mass is 272 g/mol. The van der Waals surface area contributed by atoms with E-state index in [0.717, 1.165) is 19.3 Å². The number of aliphatic hydroxyl groups is 4. The number of rotatable bonds is 1.